The van der Waals surface area contributed by atoms with Crippen LogP contribution in [-0.4, -0.2) is 15.5 Å². The molecule has 0 fully saturated rings. The van der Waals surface area contributed by atoms with Crippen molar-refractivity contribution in [2.45, 2.75) is 39.2 Å². The van der Waals surface area contributed by atoms with Gasteiger partial charge in [-0.25, -0.2) is 9.97 Å². The lowest BCUT2D eigenvalue weighted by Gasteiger charge is -2.27. The number of nitrogens with one attached hydrogen (secondary N) is 1. The lowest BCUT2D eigenvalue weighted by molar-refractivity contribution is 0.509. The third-order valence-corrected chi connectivity index (χ3v) is 2.99. The van der Waals surface area contributed by atoms with E-state index < -0.39 is 0 Å². The molecule has 0 aliphatic rings. The van der Waals surface area contributed by atoms with Crippen LogP contribution in [0.2, 0.25) is 0 Å². The van der Waals surface area contributed by atoms with E-state index in [2.05, 4.69) is 36.1 Å². The molecule has 0 unspecified atom stereocenters. The zero-order chi connectivity index (χ0) is 13.2. The van der Waals surface area contributed by atoms with Gasteiger partial charge >= 0.3 is 0 Å². The maximum Gasteiger partial charge on any atom is 0.137 e. The molecule has 2 aromatic rings. The molecule has 0 aliphatic carbocycles. The molecule has 0 bridgehead atoms. The van der Waals surface area contributed by atoms with Crippen LogP contribution in [0.25, 0.3) is 10.9 Å². The summed E-state index contributed by atoms with van der Waals surface area (Å²) in [7, 11) is 0. The van der Waals surface area contributed by atoms with E-state index >= 15 is 0 Å². The van der Waals surface area contributed by atoms with Gasteiger partial charge in [-0.1, -0.05) is 13.3 Å². The Morgan fingerprint density at radius 3 is 2.78 bits per heavy atom. The Labute approximate surface area is 108 Å². The van der Waals surface area contributed by atoms with Gasteiger partial charge < -0.3 is 11.1 Å². The number of hydrogen-bond donors (Lipinski definition) is 2. The van der Waals surface area contributed by atoms with Crippen molar-refractivity contribution < 1.29 is 0 Å². The summed E-state index contributed by atoms with van der Waals surface area (Å²) in [6.07, 6.45) is 3.80. The van der Waals surface area contributed by atoms with Crippen LogP contribution in [0.1, 0.15) is 33.6 Å². The van der Waals surface area contributed by atoms with Gasteiger partial charge in [-0.2, -0.15) is 0 Å². The number of fused-ring (bicyclic) bond motifs is 1. The molecule has 2 rings (SSSR count). The molecule has 0 aliphatic heterocycles. The molecule has 0 saturated heterocycles. The van der Waals surface area contributed by atoms with Gasteiger partial charge in [0.2, 0.25) is 0 Å². The van der Waals surface area contributed by atoms with Gasteiger partial charge in [0.1, 0.15) is 12.1 Å². The summed E-state index contributed by atoms with van der Waals surface area (Å²) in [4.78, 5) is 8.59. The Balaban J connectivity index is 2.39. The first-order valence-corrected chi connectivity index (χ1v) is 6.30. The van der Waals surface area contributed by atoms with Crippen molar-refractivity contribution in [2.24, 2.45) is 0 Å². The number of nitrogens with two attached hydrogens (primary N) is 1. The number of hydrogen-bond acceptors (Lipinski definition) is 4. The molecule has 1 heterocycles. The third-order valence-electron chi connectivity index (χ3n) is 2.99. The normalized spacial score (nSPS) is 11.7. The molecule has 0 radical (unpaired) electrons. The summed E-state index contributed by atoms with van der Waals surface area (Å²) in [6.45, 7) is 6.55. The molecule has 0 amide bonds. The van der Waals surface area contributed by atoms with Crippen LogP contribution in [-0.2, 0) is 0 Å². The zero-order valence-corrected chi connectivity index (χ0v) is 11.2. The van der Waals surface area contributed by atoms with Crippen molar-refractivity contribution in [3.8, 4) is 0 Å². The highest BCUT2D eigenvalue weighted by molar-refractivity contribution is 5.90. The van der Waals surface area contributed by atoms with Crippen molar-refractivity contribution in [3.63, 3.8) is 0 Å². The number of nitrogens with zero attached hydrogens (tertiary/aromatic N) is 2. The van der Waals surface area contributed by atoms with Gasteiger partial charge in [0, 0.05) is 16.6 Å². The van der Waals surface area contributed by atoms with Crippen LogP contribution in [0.3, 0.4) is 0 Å². The summed E-state index contributed by atoms with van der Waals surface area (Å²) in [5.74, 6) is 0.874. The summed E-state index contributed by atoms with van der Waals surface area (Å²) in [5.41, 5.74) is 7.39. The second-order valence-electron chi connectivity index (χ2n) is 5.26. The summed E-state index contributed by atoms with van der Waals surface area (Å²) in [6, 6.07) is 5.72. The van der Waals surface area contributed by atoms with E-state index in [9.17, 15) is 0 Å². The molecule has 3 N–H and O–H groups in total. The van der Waals surface area contributed by atoms with Gasteiger partial charge in [0.25, 0.3) is 0 Å². The highest BCUT2D eigenvalue weighted by atomic mass is 15.1. The Bertz CT molecular complexity index is 548. The highest BCUT2D eigenvalue weighted by Crippen LogP contribution is 2.25. The van der Waals surface area contributed by atoms with Gasteiger partial charge in [0.15, 0.2) is 0 Å². The van der Waals surface area contributed by atoms with Crippen molar-refractivity contribution in [1.29, 1.82) is 0 Å². The van der Waals surface area contributed by atoms with Crippen molar-refractivity contribution >= 4 is 22.4 Å². The molecule has 0 saturated carbocycles. The van der Waals surface area contributed by atoms with Crippen LogP contribution < -0.4 is 11.1 Å². The molecule has 1 aromatic heterocycles. The zero-order valence-electron chi connectivity index (χ0n) is 11.2. The van der Waals surface area contributed by atoms with Crippen molar-refractivity contribution in [1.82, 2.24) is 9.97 Å². The number of anilines is 2. The summed E-state index contributed by atoms with van der Waals surface area (Å²) in [5, 5.41) is 4.50. The van der Waals surface area contributed by atoms with E-state index in [-0.39, 0.29) is 5.54 Å². The van der Waals surface area contributed by atoms with Gasteiger partial charge in [-0.05, 0) is 38.5 Å². The molecular weight excluding hydrogens is 224 g/mol. The lowest BCUT2D eigenvalue weighted by atomic mass is 9.99. The van der Waals surface area contributed by atoms with E-state index in [1.165, 1.54) is 0 Å². The van der Waals surface area contributed by atoms with Crippen molar-refractivity contribution in [3.05, 3.63) is 24.5 Å². The predicted molar refractivity (Wildman–Crippen MR) is 76.6 cm³/mol. The number of aromatic nitrogens is 2. The maximum atomic E-state index is 5.77. The average Bonchev–Trinajstić information content (AvgIpc) is 2.28. The van der Waals surface area contributed by atoms with Gasteiger partial charge in [-0.15, -0.1) is 0 Å². The monoisotopic (exact) mass is 244 g/mol. The fraction of sp³-hybridized carbons (Fsp3) is 0.429. The highest BCUT2D eigenvalue weighted by Gasteiger charge is 2.17. The maximum absolute atomic E-state index is 5.77. The number of rotatable bonds is 4. The number of benzene rings is 1. The van der Waals surface area contributed by atoms with Crippen molar-refractivity contribution in [2.75, 3.05) is 11.1 Å². The lowest BCUT2D eigenvalue weighted by Crippen LogP contribution is -2.31. The van der Waals surface area contributed by atoms with Gasteiger partial charge in [0.05, 0.1) is 5.52 Å². The standard InChI is InChI=1S/C14H20N4/c1-4-7-14(2,3)18-13-11-6-5-10(15)8-12(11)16-9-17-13/h5-6,8-9H,4,7,15H2,1-3H3,(H,16,17,18). The fourth-order valence-electron chi connectivity index (χ4n) is 2.18. The van der Waals surface area contributed by atoms with Crippen LogP contribution in [0, 0.1) is 0 Å². The first kappa shape index (κ1) is 12.6. The van der Waals surface area contributed by atoms with Crippen LogP contribution in [0.15, 0.2) is 24.5 Å². The summed E-state index contributed by atoms with van der Waals surface area (Å²) >= 11 is 0. The molecule has 96 valence electrons. The van der Waals surface area contributed by atoms with Crippen LogP contribution in [0.5, 0.6) is 0 Å². The minimum atomic E-state index is 0.0252. The topological polar surface area (TPSA) is 63.8 Å². The van der Waals surface area contributed by atoms with E-state index in [0.29, 0.717) is 0 Å². The smallest absolute Gasteiger partial charge is 0.137 e. The van der Waals surface area contributed by atoms with E-state index in [1.54, 1.807) is 6.33 Å². The Morgan fingerprint density at radius 1 is 1.28 bits per heavy atom. The predicted octanol–water partition coefficient (Wildman–Crippen LogP) is 3.20. The SMILES string of the molecule is CCCC(C)(C)Nc1ncnc2cc(N)ccc12. The second-order valence-corrected chi connectivity index (χ2v) is 5.26. The molecule has 0 spiro atoms. The Hall–Kier alpha value is -1.84. The van der Waals surface area contributed by atoms with E-state index in [0.717, 1.165) is 35.2 Å². The first-order valence-electron chi connectivity index (χ1n) is 6.30. The first-order chi connectivity index (χ1) is 8.52. The molecule has 4 nitrogen and oxygen atoms in total. The quantitative estimate of drug-likeness (QED) is 0.811. The second kappa shape index (κ2) is 4.80. The molecule has 0 atom stereocenters. The molecular formula is C14H20N4. The molecule has 18 heavy (non-hydrogen) atoms. The minimum absolute atomic E-state index is 0.0252. The fourth-order valence-corrected chi connectivity index (χ4v) is 2.18. The third kappa shape index (κ3) is 2.70. The van der Waals surface area contributed by atoms with Crippen LogP contribution in [0.4, 0.5) is 11.5 Å². The van der Waals surface area contributed by atoms with E-state index in [1.807, 2.05) is 18.2 Å². The average molecular weight is 244 g/mol. The van der Waals surface area contributed by atoms with Crippen LogP contribution >= 0.6 is 0 Å². The Kier molecular flexibility index (Phi) is 3.36. The summed E-state index contributed by atoms with van der Waals surface area (Å²) < 4.78 is 0. The Morgan fingerprint density at radius 2 is 2.06 bits per heavy atom. The number of nitrogen functional groups attached to an aromatic ring is 1. The molecule has 1 aromatic carbocycles. The minimum Gasteiger partial charge on any atom is -0.399 e. The van der Waals surface area contributed by atoms with Gasteiger partial charge in [-0.3, -0.25) is 0 Å². The van der Waals surface area contributed by atoms with E-state index in [4.69, 9.17) is 5.73 Å². The molecule has 4 heteroatoms. The largest absolute Gasteiger partial charge is 0.399 e.